The fraction of sp³-hybridized carbons (Fsp3) is 0.286. The number of thioether (sulfide) groups is 2. The van der Waals surface area contributed by atoms with Gasteiger partial charge in [0, 0.05) is 12.4 Å². The lowest BCUT2D eigenvalue weighted by molar-refractivity contribution is 0.0504. The molecular formula is C28H26N4O4S2. The average molecular weight is 547 g/mol. The van der Waals surface area contributed by atoms with Crippen molar-refractivity contribution in [3.63, 3.8) is 0 Å². The third kappa shape index (κ3) is 5.24. The highest BCUT2D eigenvalue weighted by Gasteiger charge is 2.26. The summed E-state index contributed by atoms with van der Waals surface area (Å²) in [5, 5.41) is 19.7. The van der Waals surface area contributed by atoms with Gasteiger partial charge in [0.05, 0.1) is 45.2 Å². The zero-order valence-corrected chi connectivity index (χ0v) is 22.7. The summed E-state index contributed by atoms with van der Waals surface area (Å²) in [4.78, 5) is 26.7. The minimum Gasteiger partial charge on any atom is -0.461 e. The lowest BCUT2D eigenvalue weighted by atomic mass is 10.2. The van der Waals surface area contributed by atoms with Gasteiger partial charge in [-0.15, -0.1) is 23.5 Å². The van der Waals surface area contributed by atoms with Crippen molar-refractivity contribution in [3.05, 3.63) is 71.3 Å². The van der Waals surface area contributed by atoms with Crippen LogP contribution in [-0.2, 0) is 9.47 Å². The molecule has 10 heteroatoms. The first-order valence-electron chi connectivity index (χ1n) is 12.2. The van der Waals surface area contributed by atoms with Gasteiger partial charge in [-0.2, -0.15) is 10.5 Å². The molecule has 0 aromatic carbocycles. The number of carbonyl (C=O) groups excluding carboxylic acids is 2. The Kier molecular flexibility index (Phi) is 9.01. The molecule has 0 bridgehead atoms. The minimum absolute atomic E-state index is 0.246. The Morgan fingerprint density at radius 3 is 1.55 bits per heavy atom. The molecule has 4 aromatic rings. The van der Waals surface area contributed by atoms with Crippen LogP contribution in [0.1, 0.15) is 58.8 Å². The fourth-order valence-electron chi connectivity index (χ4n) is 4.20. The van der Waals surface area contributed by atoms with Crippen LogP contribution in [0.5, 0.6) is 0 Å². The molecule has 4 rings (SSSR count). The van der Waals surface area contributed by atoms with Crippen molar-refractivity contribution in [3.8, 4) is 12.1 Å². The number of hydrogen-bond donors (Lipinski definition) is 0. The van der Waals surface area contributed by atoms with E-state index >= 15 is 0 Å². The first-order chi connectivity index (χ1) is 18.6. The number of aromatic nitrogens is 2. The Hall–Kier alpha value is -3.86. The number of fused-ring (bicyclic) bond motifs is 2. The largest absolute Gasteiger partial charge is 0.461 e. The predicted molar refractivity (Wildman–Crippen MR) is 147 cm³/mol. The first-order valence-corrected chi connectivity index (χ1v) is 14.2. The Morgan fingerprint density at radius 1 is 0.763 bits per heavy atom. The molecule has 4 aromatic heterocycles. The van der Waals surface area contributed by atoms with Crippen LogP contribution in [0, 0.1) is 22.7 Å². The Bertz CT molecular complexity index is 1460. The molecule has 0 fully saturated rings. The van der Waals surface area contributed by atoms with Crippen LogP contribution < -0.4 is 0 Å². The van der Waals surface area contributed by atoms with E-state index in [4.69, 9.17) is 9.47 Å². The normalized spacial score (nSPS) is 10.8. The standard InChI is InChI=1S/C28H26N4O4S2/c1-3-35-27(33)23-25(19(17-29)21-11-5-7-13-31(21)23)37-15-9-10-16-38-26-20(18-30)22-12-6-8-14-32(22)24(26)28(34)36-4-2/h5-8,11-14H,3-4,9-10,15-16H2,1-2H3. The Morgan fingerprint density at radius 2 is 1.18 bits per heavy atom. The number of nitrogens with zero attached hydrogens (tertiary/aromatic N) is 4. The molecule has 0 aliphatic carbocycles. The Balaban J connectivity index is 1.47. The van der Waals surface area contributed by atoms with E-state index in [0.29, 0.717) is 54.8 Å². The SMILES string of the molecule is CCOC(=O)c1c(SCCCCSc2c(C#N)c3ccccn3c2C(=O)OCC)c(C#N)c2ccccn12. The van der Waals surface area contributed by atoms with E-state index in [2.05, 4.69) is 12.1 Å². The molecule has 4 heterocycles. The van der Waals surface area contributed by atoms with Crippen molar-refractivity contribution in [1.29, 1.82) is 10.5 Å². The van der Waals surface area contributed by atoms with E-state index in [0.717, 1.165) is 12.8 Å². The summed E-state index contributed by atoms with van der Waals surface area (Å²) in [5.41, 5.74) is 3.02. The van der Waals surface area contributed by atoms with Gasteiger partial charge in [-0.1, -0.05) is 12.1 Å². The number of esters is 2. The number of ether oxygens (including phenoxy) is 2. The molecule has 0 N–H and O–H groups in total. The van der Waals surface area contributed by atoms with Gasteiger partial charge in [-0.25, -0.2) is 9.59 Å². The van der Waals surface area contributed by atoms with Gasteiger partial charge in [0.25, 0.3) is 0 Å². The highest BCUT2D eigenvalue weighted by atomic mass is 32.2. The predicted octanol–water partition coefficient (Wildman–Crippen LogP) is 5.95. The van der Waals surface area contributed by atoms with E-state index in [9.17, 15) is 20.1 Å². The lowest BCUT2D eigenvalue weighted by Gasteiger charge is -2.07. The summed E-state index contributed by atoms with van der Waals surface area (Å²) in [5.74, 6) is 0.465. The molecule has 0 radical (unpaired) electrons. The van der Waals surface area contributed by atoms with Gasteiger partial charge in [0.2, 0.25) is 0 Å². The topological polar surface area (TPSA) is 109 Å². The molecule has 0 atom stereocenters. The van der Waals surface area contributed by atoms with Gasteiger partial charge in [-0.3, -0.25) is 0 Å². The van der Waals surface area contributed by atoms with E-state index in [1.807, 2.05) is 36.4 Å². The highest BCUT2D eigenvalue weighted by Crippen LogP contribution is 2.35. The van der Waals surface area contributed by atoms with Crippen LogP contribution in [0.3, 0.4) is 0 Å². The van der Waals surface area contributed by atoms with Gasteiger partial charge in [0.1, 0.15) is 23.5 Å². The molecule has 0 aliphatic rings. The first kappa shape index (κ1) is 27.2. The number of carbonyl (C=O) groups is 2. The van der Waals surface area contributed by atoms with Crippen molar-refractivity contribution in [2.75, 3.05) is 24.7 Å². The number of rotatable bonds is 11. The maximum absolute atomic E-state index is 12.7. The van der Waals surface area contributed by atoms with Crippen molar-refractivity contribution in [2.24, 2.45) is 0 Å². The van der Waals surface area contributed by atoms with Gasteiger partial charge in [-0.05, 0) is 62.5 Å². The maximum atomic E-state index is 12.7. The number of hydrogen-bond acceptors (Lipinski definition) is 8. The van der Waals surface area contributed by atoms with Crippen LogP contribution in [0.4, 0.5) is 0 Å². The van der Waals surface area contributed by atoms with Gasteiger partial charge >= 0.3 is 11.9 Å². The van der Waals surface area contributed by atoms with Crippen LogP contribution in [0.15, 0.2) is 58.6 Å². The number of pyridine rings is 2. The van der Waals surface area contributed by atoms with E-state index in [-0.39, 0.29) is 13.2 Å². The van der Waals surface area contributed by atoms with E-state index in [1.165, 1.54) is 23.5 Å². The molecule has 0 spiro atoms. The maximum Gasteiger partial charge on any atom is 0.356 e. The molecule has 194 valence electrons. The van der Waals surface area contributed by atoms with Crippen molar-refractivity contribution in [1.82, 2.24) is 8.80 Å². The Labute approximate surface area is 229 Å². The zero-order valence-electron chi connectivity index (χ0n) is 21.1. The third-order valence-electron chi connectivity index (χ3n) is 5.79. The summed E-state index contributed by atoms with van der Waals surface area (Å²) >= 11 is 2.93. The number of nitriles is 2. The highest BCUT2D eigenvalue weighted by molar-refractivity contribution is 7.99. The molecule has 38 heavy (non-hydrogen) atoms. The van der Waals surface area contributed by atoms with E-state index in [1.54, 1.807) is 35.0 Å². The molecule has 0 amide bonds. The van der Waals surface area contributed by atoms with Crippen LogP contribution in [-0.4, -0.2) is 45.5 Å². The van der Waals surface area contributed by atoms with Crippen LogP contribution >= 0.6 is 23.5 Å². The average Bonchev–Trinajstić information content (AvgIpc) is 3.42. The fourth-order valence-corrected chi connectivity index (χ4v) is 6.53. The summed E-state index contributed by atoms with van der Waals surface area (Å²) < 4.78 is 14.0. The smallest absolute Gasteiger partial charge is 0.356 e. The second-order valence-electron chi connectivity index (χ2n) is 8.09. The molecule has 8 nitrogen and oxygen atoms in total. The molecule has 0 aliphatic heterocycles. The van der Waals surface area contributed by atoms with E-state index < -0.39 is 11.9 Å². The minimum atomic E-state index is -0.454. The molecule has 0 saturated carbocycles. The summed E-state index contributed by atoms with van der Waals surface area (Å²) in [6.45, 7) is 4.00. The monoisotopic (exact) mass is 546 g/mol. The van der Waals surface area contributed by atoms with Gasteiger partial charge < -0.3 is 18.3 Å². The molecule has 0 saturated heterocycles. The quantitative estimate of drug-likeness (QED) is 0.129. The second-order valence-corrected chi connectivity index (χ2v) is 10.3. The van der Waals surface area contributed by atoms with Crippen molar-refractivity contribution < 1.29 is 19.1 Å². The molecular weight excluding hydrogens is 520 g/mol. The van der Waals surface area contributed by atoms with Crippen molar-refractivity contribution in [2.45, 2.75) is 36.5 Å². The lowest BCUT2D eigenvalue weighted by Crippen LogP contribution is -2.09. The van der Waals surface area contributed by atoms with Crippen LogP contribution in [0.25, 0.3) is 11.0 Å². The summed E-state index contributed by atoms with van der Waals surface area (Å²) in [6, 6.07) is 15.4. The summed E-state index contributed by atoms with van der Waals surface area (Å²) in [7, 11) is 0. The van der Waals surface area contributed by atoms with Crippen LogP contribution in [0.2, 0.25) is 0 Å². The second kappa shape index (κ2) is 12.6. The van der Waals surface area contributed by atoms with Crippen molar-refractivity contribution >= 4 is 46.5 Å². The van der Waals surface area contributed by atoms with Gasteiger partial charge in [0.15, 0.2) is 0 Å². The summed E-state index contributed by atoms with van der Waals surface area (Å²) in [6.07, 6.45) is 5.14. The zero-order chi connectivity index (χ0) is 27.1. The molecule has 0 unspecified atom stereocenters. The third-order valence-corrected chi connectivity index (χ3v) is 8.15. The number of unbranched alkanes of at least 4 members (excludes halogenated alkanes) is 1.